The average Bonchev–Trinajstić information content (AvgIpc) is 2.71. The highest BCUT2D eigenvalue weighted by atomic mass is 32.2. The zero-order valence-corrected chi connectivity index (χ0v) is 12.3. The van der Waals surface area contributed by atoms with Gasteiger partial charge in [-0.1, -0.05) is 12.1 Å². The van der Waals surface area contributed by atoms with E-state index >= 15 is 0 Å². The number of nitrogens with two attached hydrogens (primary N) is 1. The number of hydrogen-bond donors (Lipinski definition) is 3. The molecule has 8 heteroatoms. The number of nitrogens with zero attached hydrogens (tertiary/aromatic N) is 1. The largest absolute Gasteiger partial charge is 0.389 e. The van der Waals surface area contributed by atoms with E-state index in [9.17, 15) is 9.00 Å². The number of anilines is 2. The number of carbonyl (C=O) groups excluding carboxylic acids is 1. The van der Waals surface area contributed by atoms with E-state index in [-0.39, 0.29) is 11.7 Å². The molecular formula is C12H13N3O3S2. The van der Waals surface area contributed by atoms with Crippen LogP contribution in [-0.2, 0) is 16.8 Å². The minimum atomic E-state index is -1.88. The SMILES string of the molecule is Cc1nsc(N)c1C(=O)Nc1ccc(CS(=O)O)cc1. The molecule has 6 nitrogen and oxygen atoms in total. The normalized spacial score (nSPS) is 12.1. The molecular weight excluding hydrogens is 298 g/mol. The molecule has 20 heavy (non-hydrogen) atoms. The number of carbonyl (C=O) groups is 1. The Balaban J connectivity index is 2.10. The molecule has 1 heterocycles. The van der Waals surface area contributed by atoms with Crippen LogP contribution in [0.5, 0.6) is 0 Å². The van der Waals surface area contributed by atoms with Gasteiger partial charge in [0.15, 0.2) is 11.1 Å². The third-order valence-electron chi connectivity index (χ3n) is 2.62. The van der Waals surface area contributed by atoms with E-state index in [1.807, 2.05) is 0 Å². The lowest BCUT2D eigenvalue weighted by Crippen LogP contribution is -2.14. The number of nitrogens with one attached hydrogen (secondary N) is 1. The molecule has 2 rings (SSSR count). The Morgan fingerprint density at radius 1 is 1.45 bits per heavy atom. The first-order valence-corrected chi connectivity index (χ1v) is 7.72. The van der Waals surface area contributed by atoms with Crippen LogP contribution in [-0.4, -0.2) is 19.0 Å². The minimum Gasteiger partial charge on any atom is -0.389 e. The summed E-state index contributed by atoms with van der Waals surface area (Å²) in [6.07, 6.45) is 0. The fourth-order valence-electron chi connectivity index (χ4n) is 1.68. The van der Waals surface area contributed by atoms with Crippen molar-refractivity contribution in [3.8, 4) is 0 Å². The summed E-state index contributed by atoms with van der Waals surface area (Å²) in [4.78, 5) is 12.1. The van der Waals surface area contributed by atoms with Crippen molar-refractivity contribution in [3.63, 3.8) is 0 Å². The zero-order chi connectivity index (χ0) is 14.7. The predicted molar refractivity (Wildman–Crippen MR) is 80.1 cm³/mol. The molecule has 1 amide bonds. The molecule has 0 saturated carbocycles. The summed E-state index contributed by atoms with van der Waals surface area (Å²) >= 11 is -0.791. The first-order valence-electron chi connectivity index (χ1n) is 5.67. The Hall–Kier alpha value is -1.77. The molecule has 1 unspecified atom stereocenters. The summed E-state index contributed by atoms with van der Waals surface area (Å²) in [5, 5.41) is 3.10. The number of nitrogen functional groups attached to an aromatic ring is 1. The Labute approximate surface area is 122 Å². The molecule has 0 fully saturated rings. The van der Waals surface area contributed by atoms with Crippen LogP contribution in [0.4, 0.5) is 10.7 Å². The highest BCUT2D eigenvalue weighted by Gasteiger charge is 2.16. The van der Waals surface area contributed by atoms with Crippen molar-refractivity contribution in [1.82, 2.24) is 4.37 Å². The second-order valence-electron chi connectivity index (χ2n) is 4.12. The van der Waals surface area contributed by atoms with Crippen LogP contribution in [0, 0.1) is 6.92 Å². The van der Waals surface area contributed by atoms with Crippen LogP contribution in [0.2, 0.25) is 0 Å². The maximum Gasteiger partial charge on any atom is 0.260 e. The van der Waals surface area contributed by atoms with Gasteiger partial charge in [0.25, 0.3) is 5.91 Å². The maximum atomic E-state index is 12.1. The van der Waals surface area contributed by atoms with E-state index < -0.39 is 11.1 Å². The van der Waals surface area contributed by atoms with Gasteiger partial charge in [0.2, 0.25) is 0 Å². The topological polar surface area (TPSA) is 105 Å². The average molecular weight is 311 g/mol. The van der Waals surface area contributed by atoms with E-state index in [2.05, 4.69) is 9.69 Å². The van der Waals surface area contributed by atoms with Crippen molar-refractivity contribution in [3.05, 3.63) is 41.1 Å². The fourth-order valence-corrected chi connectivity index (χ4v) is 2.82. The van der Waals surface area contributed by atoms with E-state index in [0.717, 1.165) is 17.1 Å². The number of hydrogen-bond acceptors (Lipinski definition) is 5. The number of benzene rings is 1. The standard InChI is InChI=1S/C12H13N3O3S2/c1-7-10(11(13)19-15-7)12(16)14-9-4-2-8(3-5-9)6-20(17)18/h2-5H,6,13H2,1H3,(H,14,16)(H,17,18). The molecule has 0 bridgehead atoms. The van der Waals surface area contributed by atoms with Crippen LogP contribution in [0.3, 0.4) is 0 Å². The molecule has 0 spiro atoms. The second-order valence-corrected chi connectivity index (χ2v) is 5.86. The molecule has 1 atom stereocenters. The van der Waals surface area contributed by atoms with Gasteiger partial charge in [0.1, 0.15) is 5.00 Å². The van der Waals surface area contributed by atoms with Gasteiger partial charge in [0, 0.05) is 5.69 Å². The summed E-state index contributed by atoms with van der Waals surface area (Å²) in [5.41, 5.74) is 8.00. The van der Waals surface area contributed by atoms with Gasteiger partial charge in [0.05, 0.1) is 17.0 Å². The lowest BCUT2D eigenvalue weighted by molar-refractivity contribution is 0.102. The summed E-state index contributed by atoms with van der Waals surface area (Å²) in [6.45, 7) is 1.72. The van der Waals surface area contributed by atoms with Gasteiger partial charge >= 0.3 is 0 Å². The molecule has 0 radical (unpaired) electrons. The molecule has 2 aromatic rings. The van der Waals surface area contributed by atoms with Gasteiger partial charge in [-0.3, -0.25) is 4.79 Å². The molecule has 0 aliphatic rings. The van der Waals surface area contributed by atoms with Gasteiger partial charge in [-0.2, -0.15) is 4.37 Å². The first-order chi connectivity index (χ1) is 9.47. The lowest BCUT2D eigenvalue weighted by atomic mass is 10.2. The third-order valence-corrected chi connectivity index (χ3v) is 3.96. The Bertz CT molecular complexity index is 633. The van der Waals surface area contributed by atoms with Gasteiger partial charge < -0.3 is 15.6 Å². The number of rotatable bonds is 4. The smallest absolute Gasteiger partial charge is 0.260 e. The van der Waals surface area contributed by atoms with Gasteiger partial charge in [-0.05, 0) is 36.2 Å². The van der Waals surface area contributed by atoms with Crippen molar-refractivity contribution in [1.29, 1.82) is 0 Å². The van der Waals surface area contributed by atoms with Crippen LogP contribution >= 0.6 is 11.5 Å². The lowest BCUT2D eigenvalue weighted by Gasteiger charge is -2.06. The Morgan fingerprint density at radius 3 is 2.60 bits per heavy atom. The summed E-state index contributed by atoms with van der Waals surface area (Å²) in [6, 6.07) is 6.72. The Kier molecular flexibility index (Phi) is 4.48. The van der Waals surface area contributed by atoms with Crippen molar-refractivity contribution < 1.29 is 13.6 Å². The third kappa shape index (κ3) is 3.41. The second kappa shape index (κ2) is 6.12. The quantitative estimate of drug-likeness (QED) is 0.749. The summed E-state index contributed by atoms with van der Waals surface area (Å²) in [5.74, 6) is -0.249. The number of amides is 1. The van der Waals surface area contributed by atoms with Crippen LogP contribution < -0.4 is 11.1 Å². The molecule has 0 saturated heterocycles. The predicted octanol–water partition coefficient (Wildman–Crippen LogP) is 2.01. The summed E-state index contributed by atoms with van der Waals surface area (Å²) in [7, 11) is 0. The van der Waals surface area contributed by atoms with E-state index in [0.29, 0.717) is 21.9 Å². The highest BCUT2D eigenvalue weighted by molar-refractivity contribution is 7.78. The molecule has 106 valence electrons. The Morgan fingerprint density at radius 2 is 2.10 bits per heavy atom. The number of aromatic nitrogens is 1. The van der Waals surface area contributed by atoms with Gasteiger partial charge in [-0.15, -0.1) is 0 Å². The van der Waals surface area contributed by atoms with Crippen molar-refractivity contribution in [2.24, 2.45) is 0 Å². The van der Waals surface area contributed by atoms with Crippen molar-refractivity contribution in [2.45, 2.75) is 12.7 Å². The maximum absolute atomic E-state index is 12.1. The van der Waals surface area contributed by atoms with E-state index in [1.54, 1.807) is 31.2 Å². The molecule has 1 aromatic heterocycles. The van der Waals surface area contributed by atoms with Crippen molar-refractivity contribution in [2.75, 3.05) is 11.1 Å². The number of aryl methyl sites for hydroxylation is 1. The van der Waals surface area contributed by atoms with E-state index in [4.69, 9.17) is 10.3 Å². The van der Waals surface area contributed by atoms with Crippen molar-refractivity contribution >= 4 is 39.2 Å². The molecule has 0 aliphatic carbocycles. The van der Waals surface area contributed by atoms with Crippen LogP contribution in [0.15, 0.2) is 24.3 Å². The zero-order valence-electron chi connectivity index (χ0n) is 10.6. The fraction of sp³-hybridized carbons (Fsp3) is 0.167. The van der Waals surface area contributed by atoms with Crippen LogP contribution in [0.1, 0.15) is 21.6 Å². The monoisotopic (exact) mass is 311 g/mol. The molecule has 4 N–H and O–H groups in total. The molecule has 1 aromatic carbocycles. The molecule has 0 aliphatic heterocycles. The van der Waals surface area contributed by atoms with Crippen LogP contribution in [0.25, 0.3) is 0 Å². The summed E-state index contributed by atoms with van der Waals surface area (Å²) < 4.78 is 23.5. The highest BCUT2D eigenvalue weighted by Crippen LogP contribution is 2.22. The minimum absolute atomic E-state index is 0.0642. The first kappa shape index (κ1) is 14.6. The van der Waals surface area contributed by atoms with E-state index in [1.165, 1.54) is 0 Å². The van der Waals surface area contributed by atoms with Gasteiger partial charge in [-0.25, -0.2) is 4.21 Å².